The van der Waals surface area contributed by atoms with E-state index in [1.54, 1.807) is 24.3 Å². The molecule has 2 atom stereocenters. The van der Waals surface area contributed by atoms with Gasteiger partial charge < -0.3 is 16.4 Å². The maximum atomic E-state index is 12.7. The largest absolute Gasteiger partial charge is 0.366 e. The van der Waals surface area contributed by atoms with E-state index >= 15 is 0 Å². The Balaban J connectivity index is 1.75. The molecule has 0 fully saturated rings. The second-order valence-electron chi connectivity index (χ2n) is 7.21. The molecule has 0 saturated carbocycles. The lowest BCUT2D eigenvalue weighted by Crippen LogP contribution is -2.92. The van der Waals surface area contributed by atoms with Gasteiger partial charge in [-0.25, -0.2) is 0 Å². The van der Waals surface area contributed by atoms with Gasteiger partial charge in [0.05, 0.1) is 0 Å². The van der Waals surface area contributed by atoms with Crippen LogP contribution in [0.3, 0.4) is 0 Å². The number of aryl methyl sites for hydroxylation is 1. The smallest absolute Gasteiger partial charge is 0.282 e. The standard InChI is InChI=1S/C24H25N3O2/c1-16-8-10-19(11-9-16)22(18-6-4-3-5-7-18)26-17(2)24(29)27-21-14-12-20(13-15-21)23(25)28/h3-15,17,22,26H,1-2H3,(H2,25,28)(H,27,29)/p+1/t17-,22+/m1/s1. The molecule has 0 aliphatic heterocycles. The number of hydrogen-bond acceptors (Lipinski definition) is 2. The van der Waals surface area contributed by atoms with Crippen molar-refractivity contribution >= 4 is 17.5 Å². The van der Waals surface area contributed by atoms with Crippen molar-refractivity contribution in [2.45, 2.75) is 25.9 Å². The fourth-order valence-electron chi connectivity index (χ4n) is 3.20. The quantitative estimate of drug-likeness (QED) is 0.581. The van der Waals surface area contributed by atoms with Crippen LogP contribution in [0, 0.1) is 6.92 Å². The highest BCUT2D eigenvalue weighted by atomic mass is 16.2. The number of rotatable bonds is 7. The Kier molecular flexibility index (Phi) is 6.42. The van der Waals surface area contributed by atoms with E-state index in [2.05, 4.69) is 54.0 Å². The molecule has 0 unspecified atom stereocenters. The maximum Gasteiger partial charge on any atom is 0.282 e. The highest BCUT2D eigenvalue weighted by Crippen LogP contribution is 2.19. The fraction of sp³-hybridized carbons (Fsp3) is 0.167. The molecule has 5 nitrogen and oxygen atoms in total. The predicted molar refractivity (Wildman–Crippen MR) is 114 cm³/mol. The number of amides is 2. The number of primary amides is 1. The molecule has 2 amide bonds. The molecule has 3 aromatic rings. The van der Waals surface area contributed by atoms with Crippen LogP contribution in [0.15, 0.2) is 78.9 Å². The minimum Gasteiger partial charge on any atom is -0.366 e. The summed E-state index contributed by atoms with van der Waals surface area (Å²) in [5.41, 5.74) is 9.78. The van der Waals surface area contributed by atoms with Gasteiger partial charge in [0.15, 0.2) is 6.04 Å². The van der Waals surface area contributed by atoms with Crippen LogP contribution >= 0.6 is 0 Å². The summed E-state index contributed by atoms with van der Waals surface area (Å²) in [6.45, 7) is 3.95. The first-order valence-electron chi connectivity index (χ1n) is 9.61. The Hall–Kier alpha value is -3.44. The summed E-state index contributed by atoms with van der Waals surface area (Å²) in [6.07, 6.45) is 0. The lowest BCUT2D eigenvalue weighted by atomic mass is 9.97. The lowest BCUT2D eigenvalue weighted by Gasteiger charge is -2.21. The summed E-state index contributed by atoms with van der Waals surface area (Å²) in [5.74, 6) is -0.599. The summed E-state index contributed by atoms with van der Waals surface area (Å²) >= 11 is 0. The van der Waals surface area contributed by atoms with Crippen molar-refractivity contribution in [3.63, 3.8) is 0 Å². The molecule has 0 heterocycles. The number of nitrogens with one attached hydrogen (secondary N) is 1. The van der Waals surface area contributed by atoms with Crippen molar-refractivity contribution in [2.24, 2.45) is 5.73 Å². The van der Waals surface area contributed by atoms with E-state index < -0.39 is 5.91 Å². The molecule has 0 radical (unpaired) electrons. The van der Waals surface area contributed by atoms with Crippen LogP contribution in [-0.2, 0) is 4.79 Å². The predicted octanol–water partition coefficient (Wildman–Crippen LogP) is 2.77. The van der Waals surface area contributed by atoms with Gasteiger partial charge >= 0.3 is 0 Å². The zero-order valence-corrected chi connectivity index (χ0v) is 16.6. The Labute approximate surface area is 170 Å². The average molecular weight is 388 g/mol. The molecule has 0 saturated heterocycles. The van der Waals surface area contributed by atoms with Gasteiger partial charge in [0.1, 0.15) is 6.04 Å². The average Bonchev–Trinajstić information content (AvgIpc) is 2.73. The van der Waals surface area contributed by atoms with Gasteiger partial charge in [-0.15, -0.1) is 0 Å². The van der Waals surface area contributed by atoms with Crippen LogP contribution in [0.25, 0.3) is 0 Å². The second-order valence-corrected chi connectivity index (χ2v) is 7.21. The van der Waals surface area contributed by atoms with E-state index in [1.807, 2.05) is 25.1 Å². The van der Waals surface area contributed by atoms with Gasteiger partial charge in [-0.3, -0.25) is 9.59 Å². The highest BCUT2D eigenvalue weighted by Gasteiger charge is 2.24. The van der Waals surface area contributed by atoms with Crippen molar-refractivity contribution in [3.8, 4) is 0 Å². The highest BCUT2D eigenvalue weighted by molar-refractivity contribution is 5.95. The van der Waals surface area contributed by atoms with Crippen LogP contribution in [0.1, 0.15) is 40.0 Å². The van der Waals surface area contributed by atoms with Crippen molar-refractivity contribution in [1.82, 2.24) is 0 Å². The zero-order chi connectivity index (χ0) is 20.8. The molecular formula is C24H26N3O2+. The summed E-state index contributed by atoms with van der Waals surface area (Å²) < 4.78 is 0. The fourth-order valence-corrected chi connectivity index (χ4v) is 3.20. The third-order valence-corrected chi connectivity index (χ3v) is 4.93. The summed E-state index contributed by atoms with van der Waals surface area (Å²) in [6, 6.07) is 24.8. The molecule has 29 heavy (non-hydrogen) atoms. The summed E-state index contributed by atoms with van der Waals surface area (Å²) in [5, 5.41) is 4.97. The van der Waals surface area contributed by atoms with Crippen molar-refractivity contribution in [2.75, 3.05) is 5.32 Å². The minimum absolute atomic E-state index is 0.00906. The molecular weight excluding hydrogens is 362 g/mol. The number of hydrogen-bond donors (Lipinski definition) is 3. The molecule has 148 valence electrons. The van der Waals surface area contributed by atoms with Crippen molar-refractivity contribution in [1.29, 1.82) is 0 Å². The monoisotopic (exact) mass is 388 g/mol. The number of quaternary nitrogens is 1. The zero-order valence-electron chi connectivity index (χ0n) is 16.6. The Morgan fingerprint density at radius 1 is 0.862 bits per heavy atom. The van der Waals surface area contributed by atoms with Crippen molar-refractivity contribution < 1.29 is 14.9 Å². The molecule has 0 aliphatic carbocycles. The van der Waals surface area contributed by atoms with Crippen molar-refractivity contribution in [3.05, 3.63) is 101 Å². The SMILES string of the molecule is Cc1ccc([C@@H]([NH2+][C@H](C)C(=O)Nc2ccc(C(N)=O)cc2)c2ccccc2)cc1. The number of benzene rings is 3. The topological polar surface area (TPSA) is 88.8 Å². The van der Waals surface area contributed by atoms with E-state index in [-0.39, 0.29) is 18.0 Å². The van der Waals surface area contributed by atoms with Gasteiger partial charge in [-0.2, -0.15) is 0 Å². The third-order valence-electron chi connectivity index (χ3n) is 4.93. The van der Waals surface area contributed by atoms with E-state index in [0.717, 1.165) is 11.1 Å². The summed E-state index contributed by atoms with van der Waals surface area (Å²) in [4.78, 5) is 23.9. The van der Waals surface area contributed by atoms with E-state index in [4.69, 9.17) is 5.73 Å². The second kappa shape index (κ2) is 9.17. The molecule has 5 N–H and O–H groups in total. The molecule has 0 aromatic heterocycles. The Bertz CT molecular complexity index is 967. The first-order valence-corrected chi connectivity index (χ1v) is 9.61. The van der Waals surface area contributed by atoms with E-state index in [1.165, 1.54) is 5.56 Å². The molecule has 0 aliphatic rings. The Morgan fingerprint density at radius 3 is 2.03 bits per heavy atom. The van der Waals surface area contributed by atoms with Gasteiger partial charge in [-0.1, -0.05) is 60.2 Å². The number of carbonyl (C=O) groups excluding carboxylic acids is 2. The number of carbonyl (C=O) groups is 2. The van der Waals surface area contributed by atoms with Crippen LogP contribution in [0.4, 0.5) is 5.69 Å². The molecule has 0 bridgehead atoms. The number of nitrogens with two attached hydrogens (primary N) is 2. The van der Waals surface area contributed by atoms with E-state index in [9.17, 15) is 9.59 Å². The molecule has 3 rings (SSSR count). The first kappa shape index (κ1) is 20.3. The molecule has 0 spiro atoms. The van der Waals surface area contributed by atoms with Gasteiger partial charge in [0.2, 0.25) is 5.91 Å². The molecule has 3 aromatic carbocycles. The minimum atomic E-state index is -0.492. The van der Waals surface area contributed by atoms with Crippen LogP contribution in [0.2, 0.25) is 0 Å². The van der Waals surface area contributed by atoms with Crippen LogP contribution in [-0.4, -0.2) is 17.9 Å². The van der Waals surface area contributed by atoms with E-state index in [0.29, 0.717) is 11.3 Å². The van der Waals surface area contributed by atoms with Gasteiger partial charge in [-0.05, 0) is 38.1 Å². The first-order chi connectivity index (χ1) is 13.9. The van der Waals surface area contributed by atoms with Crippen LogP contribution < -0.4 is 16.4 Å². The number of anilines is 1. The Morgan fingerprint density at radius 2 is 1.45 bits per heavy atom. The van der Waals surface area contributed by atoms with Crippen LogP contribution in [0.5, 0.6) is 0 Å². The third kappa shape index (κ3) is 5.30. The van der Waals surface area contributed by atoms with Gasteiger partial charge in [0.25, 0.3) is 5.91 Å². The normalized spacial score (nSPS) is 12.8. The van der Waals surface area contributed by atoms with Gasteiger partial charge in [0, 0.05) is 22.4 Å². The summed E-state index contributed by atoms with van der Waals surface area (Å²) in [7, 11) is 0. The maximum absolute atomic E-state index is 12.7. The lowest BCUT2D eigenvalue weighted by molar-refractivity contribution is -0.704. The molecule has 5 heteroatoms.